The Labute approximate surface area is 108 Å². The van der Waals surface area contributed by atoms with Gasteiger partial charge in [-0.15, -0.1) is 0 Å². The highest BCUT2D eigenvalue weighted by molar-refractivity contribution is 7.86. The summed E-state index contributed by atoms with van der Waals surface area (Å²) in [5.41, 5.74) is 0.107. The first-order valence-corrected chi connectivity index (χ1v) is 6.98. The van der Waals surface area contributed by atoms with Crippen molar-refractivity contribution >= 4 is 22.3 Å². The van der Waals surface area contributed by atoms with Gasteiger partial charge in [0.1, 0.15) is 0 Å². The number of nitrogens with zero attached hydrogens (tertiary/aromatic N) is 1. The minimum absolute atomic E-state index is 0.0485. The SMILES string of the molecule is CCC(C)S(=O)CC(=O)c1cccc([N+](=O)[O-])c1. The molecule has 0 bridgehead atoms. The van der Waals surface area contributed by atoms with Crippen LogP contribution in [0.2, 0.25) is 0 Å². The normalized spacial score (nSPS) is 13.9. The minimum atomic E-state index is -1.23. The van der Waals surface area contributed by atoms with Crippen molar-refractivity contribution in [1.82, 2.24) is 0 Å². The van der Waals surface area contributed by atoms with E-state index in [1.165, 1.54) is 24.3 Å². The standard InChI is InChI=1S/C12H15NO4S/c1-3-9(2)18(17)8-12(14)10-5-4-6-11(7-10)13(15)16/h4-7,9H,3,8H2,1-2H3. The van der Waals surface area contributed by atoms with Crippen LogP contribution in [0, 0.1) is 10.1 Å². The summed E-state index contributed by atoms with van der Waals surface area (Å²) >= 11 is 0. The highest BCUT2D eigenvalue weighted by atomic mass is 32.2. The molecule has 0 amide bonds. The van der Waals surface area contributed by atoms with E-state index in [0.29, 0.717) is 0 Å². The molecule has 2 atom stereocenters. The molecular formula is C12H15NO4S. The summed E-state index contributed by atoms with van der Waals surface area (Å²) in [5, 5.41) is 10.5. The van der Waals surface area contributed by atoms with Gasteiger partial charge in [0.15, 0.2) is 5.78 Å². The van der Waals surface area contributed by atoms with Crippen LogP contribution in [-0.2, 0) is 10.8 Å². The largest absolute Gasteiger partial charge is 0.293 e. The van der Waals surface area contributed by atoms with Crippen LogP contribution in [-0.4, -0.2) is 25.9 Å². The van der Waals surface area contributed by atoms with E-state index in [1.807, 2.05) is 13.8 Å². The summed E-state index contributed by atoms with van der Waals surface area (Å²) in [6.45, 7) is 3.72. The van der Waals surface area contributed by atoms with Gasteiger partial charge in [-0.3, -0.25) is 19.1 Å². The van der Waals surface area contributed by atoms with E-state index in [-0.39, 0.29) is 28.0 Å². The van der Waals surface area contributed by atoms with Gasteiger partial charge in [0.05, 0.1) is 10.7 Å². The number of nitro benzene ring substituents is 1. The third-order valence-corrected chi connectivity index (χ3v) is 4.45. The molecular weight excluding hydrogens is 254 g/mol. The maximum Gasteiger partial charge on any atom is 0.270 e. The molecule has 0 aliphatic rings. The van der Waals surface area contributed by atoms with Crippen LogP contribution in [0.1, 0.15) is 30.6 Å². The Bertz CT molecular complexity index is 487. The smallest absolute Gasteiger partial charge is 0.270 e. The molecule has 0 heterocycles. The number of Topliss-reactive ketones (excluding diaryl/α,β-unsaturated/α-hetero) is 1. The van der Waals surface area contributed by atoms with Crippen molar-refractivity contribution in [3.8, 4) is 0 Å². The molecule has 0 N–H and O–H groups in total. The zero-order valence-corrected chi connectivity index (χ0v) is 11.1. The molecule has 0 saturated carbocycles. The molecule has 98 valence electrons. The quantitative estimate of drug-likeness (QED) is 0.451. The highest BCUT2D eigenvalue weighted by Gasteiger charge is 2.17. The zero-order chi connectivity index (χ0) is 13.7. The predicted octanol–water partition coefficient (Wildman–Crippen LogP) is 2.32. The lowest BCUT2D eigenvalue weighted by atomic mass is 10.1. The molecule has 0 fully saturated rings. The average molecular weight is 269 g/mol. The van der Waals surface area contributed by atoms with Crippen molar-refractivity contribution < 1.29 is 13.9 Å². The van der Waals surface area contributed by atoms with Crippen LogP contribution in [0.3, 0.4) is 0 Å². The van der Waals surface area contributed by atoms with E-state index in [4.69, 9.17) is 0 Å². The summed E-state index contributed by atoms with van der Waals surface area (Å²) in [6, 6.07) is 5.50. The molecule has 2 unspecified atom stereocenters. The second-order valence-corrected chi connectivity index (χ2v) is 5.83. The van der Waals surface area contributed by atoms with Gasteiger partial charge in [0, 0.05) is 33.7 Å². The Hall–Kier alpha value is -1.56. The van der Waals surface area contributed by atoms with E-state index in [9.17, 15) is 19.1 Å². The van der Waals surface area contributed by atoms with Gasteiger partial charge < -0.3 is 0 Å². The lowest BCUT2D eigenvalue weighted by Crippen LogP contribution is -2.19. The Morgan fingerprint density at radius 3 is 2.72 bits per heavy atom. The summed E-state index contributed by atoms with van der Waals surface area (Å²) in [5.74, 6) is -0.409. The van der Waals surface area contributed by atoms with E-state index in [1.54, 1.807) is 0 Å². The molecule has 5 nitrogen and oxygen atoms in total. The highest BCUT2D eigenvalue weighted by Crippen LogP contribution is 2.14. The predicted molar refractivity (Wildman–Crippen MR) is 70.2 cm³/mol. The maximum absolute atomic E-state index is 11.8. The third-order valence-electron chi connectivity index (χ3n) is 2.68. The second kappa shape index (κ2) is 6.39. The molecule has 1 aromatic rings. The molecule has 0 aliphatic heterocycles. The Morgan fingerprint density at radius 1 is 1.50 bits per heavy atom. The van der Waals surface area contributed by atoms with Crippen molar-refractivity contribution in [3.63, 3.8) is 0 Å². The fourth-order valence-electron chi connectivity index (χ4n) is 1.33. The monoisotopic (exact) mass is 269 g/mol. The van der Waals surface area contributed by atoms with E-state index in [2.05, 4.69) is 0 Å². The number of hydrogen-bond donors (Lipinski definition) is 0. The van der Waals surface area contributed by atoms with Crippen LogP contribution in [0.4, 0.5) is 5.69 Å². The number of carbonyl (C=O) groups is 1. The number of rotatable bonds is 6. The first-order chi connectivity index (χ1) is 8.45. The number of carbonyl (C=O) groups excluding carboxylic acids is 1. The molecule has 0 saturated heterocycles. The lowest BCUT2D eigenvalue weighted by Gasteiger charge is -2.07. The molecule has 0 spiro atoms. The van der Waals surface area contributed by atoms with Gasteiger partial charge in [-0.1, -0.05) is 26.0 Å². The van der Waals surface area contributed by atoms with Crippen LogP contribution in [0.25, 0.3) is 0 Å². The maximum atomic E-state index is 11.8. The second-order valence-electron chi connectivity index (χ2n) is 3.97. The molecule has 1 aromatic carbocycles. The molecule has 0 radical (unpaired) electrons. The number of benzene rings is 1. The van der Waals surface area contributed by atoms with Crippen molar-refractivity contribution in [2.75, 3.05) is 5.75 Å². The minimum Gasteiger partial charge on any atom is -0.293 e. The number of ketones is 1. The number of non-ortho nitro benzene ring substituents is 1. The fraction of sp³-hybridized carbons (Fsp3) is 0.417. The lowest BCUT2D eigenvalue weighted by molar-refractivity contribution is -0.384. The van der Waals surface area contributed by atoms with Crippen LogP contribution >= 0.6 is 0 Å². The molecule has 0 aliphatic carbocycles. The number of nitro groups is 1. The summed E-state index contributed by atoms with van der Waals surface area (Å²) in [7, 11) is -1.23. The van der Waals surface area contributed by atoms with Crippen molar-refractivity contribution in [1.29, 1.82) is 0 Å². The van der Waals surface area contributed by atoms with Gasteiger partial charge >= 0.3 is 0 Å². The third kappa shape index (κ3) is 3.73. The van der Waals surface area contributed by atoms with Crippen molar-refractivity contribution in [2.45, 2.75) is 25.5 Å². The van der Waals surface area contributed by atoms with E-state index >= 15 is 0 Å². The van der Waals surface area contributed by atoms with Gasteiger partial charge in [0.25, 0.3) is 5.69 Å². The molecule has 6 heteroatoms. The topological polar surface area (TPSA) is 77.3 Å². The van der Waals surface area contributed by atoms with E-state index < -0.39 is 15.7 Å². The fourth-order valence-corrected chi connectivity index (χ4v) is 2.41. The van der Waals surface area contributed by atoms with Gasteiger partial charge in [-0.25, -0.2) is 0 Å². The van der Waals surface area contributed by atoms with Crippen LogP contribution < -0.4 is 0 Å². The van der Waals surface area contributed by atoms with Crippen LogP contribution in [0.15, 0.2) is 24.3 Å². The molecule has 0 aromatic heterocycles. The first-order valence-electron chi connectivity index (χ1n) is 5.60. The summed E-state index contributed by atoms with van der Waals surface area (Å²) < 4.78 is 11.7. The Balaban J connectivity index is 2.82. The van der Waals surface area contributed by atoms with Gasteiger partial charge in [-0.05, 0) is 6.42 Å². The summed E-state index contributed by atoms with van der Waals surface area (Å²) in [4.78, 5) is 21.9. The summed E-state index contributed by atoms with van der Waals surface area (Å²) in [6.07, 6.45) is 0.731. The van der Waals surface area contributed by atoms with Gasteiger partial charge in [0.2, 0.25) is 0 Å². The molecule has 18 heavy (non-hydrogen) atoms. The molecule has 1 rings (SSSR count). The van der Waals surface area contributed by atoms with E-state index in [0.717, 1.165) is 6.42 Å². The van der Waals surface area contributed by atoms with Crippen LogP contribution in [0.5, 0.6) is 0 Å². The first kappa shape index (κ1) is 14.5. The van der Waals surface area contributed by atoms with Gasteiger partial charge in [-0.2, -0.15) is 0 Å². The number of hydrogen-bond acceptors (Lipinski definition) is 4. The average Bonchev–Trinajstić information content (AvgIpc) is 2.37. The van der Waals surface area contributed by atoms with Crippen molar-refractivity contribution in [2.24, 2.45) is 0 Å². The Kier molecular flexibility index (Phi) is 5.15. The zero-order valence-electron chi connectivity index (χ0n) is 10.3. The Morgan fingerprint density at radius 2 is 2.17 bits per heavy atom. The van der Waals surface area contributed by atoms with Crippen molar-refractivity contribution in [3.05, 3.63) is 39.9 Å².